The third-order valence-corrected chi connectivity index (χ3v) is 4.55. The molecule has 1 aliphatic carbocycles. The van der Waals surface area contributed by atoms with Crippen LogP contribution in [0.4, 0.5) is 0 Å². The Bertz CT molecular complexity index is 433. The molecular weight excluding hydrogens is 238 g/mol. The average molecular weight is 261 g/mol. The van der Waals surface area contributed by atoms with Gasteiger partial charge in [0.2, 0.25) is 0 Å². The van der Waals surface area contributed by atoms with Crippen LogP contribution < -0.4 is 5.32 Å². The topological polar surface area (TPSA) is 45.5 Å². The van der Waals surface area contributed by atoms with E-state index in [2.05, 4.69) is 20.3 Å². The van der Waals surface area contributed by atoms with E-state index in [4.69, 9.17) is 0 Å². The first-order valence-electron chi connectivity index (χ1n) is 7.24. The van der Waals surface area contributed by atoms with Gasteiger partial charge in [-0.1, -0.05) is 6.42 Å². The van der Waals surface area contributed by atoms with Crippen LogP contribution in [0.3, 0.4) is 0 Å². The molecule has 0 aromatic carbocycles. The van der Waals surface area contributed by atoms with Crippen LogP contribution in [0.5, 0.6) is 0 Å². The van der Waals surface area contributed by atoms with Gasteiger partial charge in [-0.3, -0.25) is 9.67 Å². The second kappa shape index (κ2) is 5.23. The van der Waals surface area contributed by atoms with E-state index in [-0.39, 0.29) is 0 Å². The van der Waals surface area contributed by atoms with Gasteiger partial charge in [-0.05, 0) is 30.7 Å². The minimum atomic E-state index is 0.625. The maximum atomic E-state index is 4.41. The van der Waals surface area contributed by atoms with Crippen LogP contribution in [-0.4, -0.2) is 47.3 Å². The summed E-state index contributed by atoms with van der Waals surface area (Å²) < 4.78 is 1.94. The zero-order chi connectivity index (χ0) is 13.1. The largest absolute Gasteiger partial charge is 0.354 e. The van der Waals surface area contributed by atoms with Crippen LogP contribution in [-0.2, 0) is 6.54 Å². The Morgan fingerprint density at radius 2 is 2.32 bits per heavy atom. The summed E-state index contributed by atoms with van der Waals surface area (Å²) in [7, 11) is 1.88. The van der Waals surface area contributed by atoms with E-state index < -0.39 is 0 Å². The maximum Gasteiger partial charge on any atom is 0.193 e. The van der Waals surface area contributed by atoms with Crippen molar-refractivity contribution in [3.63, 3.8) is 0 Å². The second-order valence-electron chi connectivity index (χ2n) is 5.77. The summed E-state index contributed by atoms with van der Waals surface area (Å²) in [5.74, 6) is 1.05. The van der Waals surface area contributed by atoms with Crippen molar-refractivity contribution in [2.24, 2.45) is 10.4 Å². The molecule has 0 radical (unpaired) electrons. The fourth-order valence-corrected chi connectivity index (χ4v) is 3.25. The van der Waals surface area contributed by atoms with E-state index in [0.29, 0.717) is 5.41 Å². The van der Waals surface area contributed by atoms with Gasteiger partial charge in [0.15, 0.2) is 5.96 Å². The van der Waals surface area contributed by atoms with E-state index in [1.807, 2.05) is 30.2 Å². The zero-order valence-corrected chi connectivity index (χ0v) is 11.7. The zero-order valence-electron chi connectivity index (χ0n) is 11.7. The number of hydrogen-bond acceptors (Lipinski definition) is 2. The van der Waals surface area contributed by atoms with E-state index in [0.717, 1.165) is 25.6 Å². The number of rotatable bonds is 3. The van der Waals surface area contributed by atoms with E-state index in [1.54, 1.807) is 0 Å². The molecule has 1 saturated heterocycles. The number of likely N-dealkylation sites (tertiary alicyclic amines) is 1. The molecule has 0 atom stereocenters. The Labute approximate surface area is 114 Å². The lowest BCUT2D eigenvalue weighted by Gasteiger charge is -2.38. The fourth-order valence-electron chi connectivity index (χ4n) is 3.25. The molecule has 1 aromatic rings. The van der Waals surface area contributed by atoms with Gasteiger partial charge in [-0.2, -0.15) is 5.10 Å². The van der Waals surface area contributed by atoms with Gasteiger partial charge < -0.3 is 10.2 Å². The van der Waals surface area contributed by atoms with Gasteiger partial charge in [0.1, 0.15) is 0 Å². The van der Waals surface area contributed by atoms with Gasteiger partial charge in [0.25, 0.3) is 0 Å². The summed E-state index contributed by atoms with van der Waals surface area (Å²) in [6, 6.07) is 1.95. The number of nitrogens with zero attached hydrogens (tertiary/aromatic N) is 4. The molecule has 2 fully saturated rings. The summed E-state index contributed by atoms with van der Waals surface area (Å²) in [5.41, 5.74) is 0.625. The van der Waals surface area contributed by atoms with Gasteiger partial charge in [0, 0.05) is 39.1 Å². The molecular formula is C14H23N5. The van der Waals surface area contributed by atoms with Crippen molar-refractivity contribution >= 4 is 5.96 Å². The van der Waals surface area contributed by atoms with Gasteiger partial charge >= 0.3 is 0 Å². The highest BCUT2D eigenvalue weighted by atomic mass is 15.3. The third kappa shape index (κ3) is 2.60. The van der Waals surface area contributed by atoms with Crippen molar-refractivity contribution in [3.05, 3.63) is 18.5 Å². The third-order valence-electron chi connectivity index (χ3n) is 4.55. The minimum absolute atomic E-state index is 0.625. The standard InChI is InChI=1S/C14H23N5/c1-15-13(16-8-11-19-9-3-7-17-19)18-10-6-14(12-18)4-2-5-14/h3,7,9H,2,4-6,8,10-12H2,1H3,(H,15,16). The molecule has 0 amide bonds. The molecule has 1 aliphatic heterocycles. The molecule has 5 heteroatoms. The van der Waals surface area contributed by atoms with Crippen molar-refractivity contribution in [2.75, 3.05) is 26.7 Å². The Morgan fingerprint density at radius 1 is 1.42 bits per heavy atom. The number of aliphatic imine (C=N–C) groups is 1. The Morgan fingerprint density at radius 3 is 2.89 bits per heavy atom. The lowest BCUT2D eigenvalue weighted by molar-refractivity contribution is 0.151. The first-order valence-corrected chi connectivity index (χ1v) is 7.24. The molecule has 3 rings (SSSR count). The predicted octanol–water partition coefficient (Wildman–Crippen LogP) is 1.33. The summed E-state index contributed by atoms with van der Waals surface area (Å²) in [6.07, 6.45) is 9.38. The van der Waals surface area contributed by atoms with Crippen LogP contribution in [0.15, 0.2) is 23.5 Å². The first-order chi connectivity index (χ1) is 9.31. The van der Waals surface area contributed by atoms with Crippen LogP contribution in [0, 0.1) is 5.41 Å². The van der Waals surface area contributed by atoms with E-state index >= 15 is 0 Å². The van der Waals surface area contributed by atoms with Crippen LogP contribution >= 0.6 is 0 Å². The van der Waals surface area contributed by atoms with Crippen molar-refractivity contribution in [3.8, 4) is 0 Å². The quantitative estimate of drug-likeness (QED) is 0.659. The lowest BCUT2D eigenvalue weighted by Crippen LogP contribution is -2.43. The molecule has 0 unspecified atom stereocenters. The number of guanidine groups is 1. The Kier molecular flexibility index (Phi) is 3.44. The molecule has 1 spiro atoms. The van der Waals surface area contributed by atoms with Crippen molar-refractivity contribution < 1.29 is 0 Å². The molecule has 1 aromatic heterocycles. The predicted molar refractivity (Wildman–Crippen MR) is 76.1 cm³/mol. The molecule has 1 N–H and O–H groups in total. The van der Waals surface area contributed by atoms with Gasteiger partial charge in [-0.15, -0.1) is 0 Å². The number of hydrogen-bond donors (Lipinski definition) is 1. The van der Waals surface area contributed by atoms with E-state index in [9.17, 15) is 0 Å². The Balaban J connectivity index is 1.48. The second-order valence-corrected chi connectivity index (χ2v) is 5.77. The molecule has 2 aliphatic rings. The normalized spacial score (nSPS) is 21.7. The summed E-state index contributed by atoms with van der Waals surface area (Å²) in [6.45, 7) is 4.10. The maximum absolute atomic E-state index is 4.41. The molecule has 5 nitrogen and oxygen atoms in total. The molecule has 19 heavy (non-hydrogen) atoms. The molecule has 2 heterocycles. The molecule has 0 bridgehead atoms. The average Bonchev–Trinajstić information content (AvgIpc) is 3.03. The lowest BCUT2D eigenvalue weighted by atomic mass is 9.68. The number of nitrogens with one attached hydrogen (secondary N) is 1. The van der Waals surface area contributed by atoms with Gasteiger partial charge in [0.05, 0.1) is 6.54 Å². The highest BCUT2D eigenvalue weighted by Gasteiger charge is 2.43. The van der Waals surface area contributed by atoms with Crippen LogP contribution in [0.25, 0.3) is 0 Å². The fraction of sp³-hybridized carbons (Fsp3) is 0.714. The summed E-state index contributed by atoms with van der Waals surface area (Å²) in [5, 5.41) is 7.66. The smallest absolute Gasteiger partial charge is 0.193 e. The monoisotopic (exact) mass is 261 g/mol. The van der Waals surface area contributed by atoms with Crippen molar-refractivity contribution in [1.29, 1.82) is 0 Å². The number of aromatic nitrogens is 2. The summed E-state index contributed by atoms with van der Waals surface area (Å²) in [4.78, 5) is 6.83. The highest BCUT2D eigenvalue weighted by molar-refractivity contribution is 5.80. The van der Waals surface area contributed by atoms with Crippen molar-refractivity contribution in [1.82, 2.24) is 20.0 Å². The highest BCUT2D eigenvalue weighted by Crippen LogP contribution is 2.47. The molecule has 104 valence electrons. The minimum Gasteiger partial charge on any atom is -0.354 e. The van der Waals surface area contributed by atoms with Gasteiger partial charge in [-0.25, -0.2) is 0 Å². The first kappa shape index (κ1) is 12.5. The van der Waals surface area contributed by atoms with E-state index in [1.165, 1.54) is 32.2 Å². The van der Waals surface area contributed by atoms with Crippen LogP contribution in [0.2, 0.25) is 0 Å². The Hall–Kier alpha value is -1.52. The van der Waals surface area contributed by atoms with Crippen molar-refractivity contribution in [2.45, 2.75) is 32.2 Å². The summed E-state index contributed by atoms with van der Waals surface area (Å²) >= 11 is 0. The molecule has 1 saturated carbocycles. The van der Waals surface area contributed by atoms with Crippen LogP contribution in [0.1, 0.15) is 25.7 Å². The SMILES string of the molecule is CN=C(NCCn1cccn1)N1CCC2(CCC2)C1.